The van der Waals surface area contributed by atoms with Crippen LogP contribution in [0.5, 0.6) is 0 Å². The van der Waals surface area contributed by atoms with Gasteiger partial charge in [-0.3, -0.25) is 0 Å². The molecule has 99 heavy (non-hydrogen) atoms. The molecule has 2 aliphatic rings. The van der Waals surface area contributed by atoms with Crippen LogP contribution in [-0.2, 0) is 21.7 Å². The van der Waals surface area contributed by atoms with Crippen molar-refractivity contribution in [3.8, 4) is 78.4 Å². The van der Waals surface area contributed by atoms with Gasteiger partial charge in [0.2, 0.25) is 0 Å². The van der Waals surface area contributed by atoms with Crippen LogP contribution in [0.1, 0.15) is 105 Å². The molecule has 13 aromatic carbocycles. The molecule has 0 unspecified atom stereocenters. The highest BCUT2D eigenvalue weighted by molar-refractivity contribution is 7.00. The van der Waals surface area contributed by atoms with E-state index in [-0.39, 0.29) is 28.4 Å². The van der Waals surface area contributed by atoms with Gasteiger partial charge >= 0.3 is 0 Å². The number of anilines is 6. The Morgan fingerprint density at radius 2 is 0.525 bits per heavy atom. The molecule has 5 heteroatoms. The number of hydrogen-bond donors (Lipinski definition) is 0. The number of fused-ring (bicyclic) bond motifs is 6. The predicted octanol–water partition coefficient (Wildman–Crippen LogP) is 23.7. The summed E-state index contributed by atoms with van der Waals surface area (Å²) in [5, 5.41) is 4.82. The Hall–Kier alpha value is -10.9. The van der Waals surface area contributed by atoms with E-state index in [2.05, 4.69) is 378 Å². The Bertz CT molecular complexity index is 4960. The fourth-order valence-electron chi connectivity index (χ4n) is 14.9. The lowest BCUT2D eigenvalue weighted by molar-refractivity contribution is 0.568. The first kappa shape index (κ1) is 62.9. The number of hydrogen-bond acceptors (Lipinski definition) is 4. The number of nitrogens with zero attached hydrogens (tertiary/aromatic N) is 4. The summed E-state index contributed by atoms with van der Waals surface area (Å²) in [6, 6.07) is 107. The molecule has 0 saturated heterocycles. The maximum Gasteiger partial charge on any atom is 0.252 e. The first-order valence-electron chi connectivity index (χ1n) is 35.1. The smallest absolute Gasteiger partial charge is 0.252 e. The number of benzene rings is 13. The summed E-state index contributed by atoms with van der Waals surface area (Å²) in [4.78, 5) is 17.1. The van der Waals surface area contributed by atoms with E-state index in [0.29, 0.717) is 5.82 Å². The van der Waals surface area contributed by atoms with E-state index in [9.17, 15) is 0 Å². The van der Waals surface area contributed by atoms with Crippen molar-refractivity contribution < 1.29 is 0 Å². The Kier molecular flexibility index (Phi) is 15.2. The van der Waals surface area contributed by atoms with E-state index >= 15 is 0 Å². The zero-order chi connectivity index (χ0) is 68.3. The second-order valence-corrected chi connectivity index (χ2v) is 31.6. The predicted molar refractivity (Wildman–Crippen MR) is 424 cm³/mol. The molecule has 0 atom stereocenters. The van der Waals surface area contributed by atoms with E-state index in [1.54, 1.807) is 0 Å². The largest absolute Gasteiger partial charge is 0.311 e. The third-order valence-electron chi connectivity index (χ3n) is 20.5. The zero-order valence-corrected chi connectivity index (χ0v) is 59.0. The Balaban J connectivity index is 1.07. The standard InChI is InChI=1S/C94H83BN4/c1-91(2,3)75-53-76(92(4,5)6)56-79(55-75)98-85-49-66-39-27-25-37-64(66)47-81(85)95-82-48-65-38-26-28-40-67(65)50-86(82)99(80-57-77(93(7,8)9)54-78(58-80)94(10,11)12)88-52-73(51-87(98)89(88)95)84-59-83(72-43-68(60-29-17-13-18-30-60)41-69(44-72)61-31-19-14-20-32-61)96-90(97-84)74-45-70(62-33-21-15-22-34-62)42-71(46-74)63-35-23-16-24-36-63/h13-59H,1-12H3. The third-order valence-corrected chi connectivity index (χ3v) is 20.5. The molecule has 3 heterocycles. The lowest BCUT2D eigenvalue weighted by atomic mass is 9.33. The van der Waals surface area contributed by atoms with Crippen molar-refractivity contribution in [2.45, 2.75) is 105 Å². The van der Waals surface area contributed by atoms with E-state index in [1.165, 1.54) is 71.6 Å². The first-order chi connectivity index (χ1) is 47.5. The average Bonchev–Trinajstić information content (AvgIpc) is 0.690. The summed E-state index contributed by atoms with van der Waals surface area (Å²) in [5.74, 6) is 0.635. The van der Waals surface area contributed by atoms with E-state index in [1.807, 2.05) is 0 Å². The monoisotopic (exact) mass is 1280 g/mol. The van der Waals surface area contributed by atoms with Crippen molar-refractivity contribution in [1.29, 1.82) is 0 Å². The molecule has 16 rings (SSSR count). The van der Waals surface area contributed by atoms with Gasteiger partial charge in [-0.15, -0.1) is 0 Å². The maximum atomic E-state index is 6.00. The zero-order valence-electron chi connectivity index (χ0n) is 59.0. The maximum absolute atomic E-state index is 6.00. The van der Waals surface area contributed by atoms with E-state index in [0.717, 1.165) is 95.3 Å². The minimum Gasteiger partial charge on any atom is -0.311 e. The highest BCUT2D eigenvalue weighted by Gasteiger charge is 2.45. The van der Waals surface area contributed by atoms with Crippen LogP contribution in [0.25, 0.3) is 100.0 Å². The molecule has 1 aromatic heterocycles. The molecule has 0 amide bonds. The van der Waals surface area contributed by atoms with Crippen LogP contribution in [-0.4, -0.2) is 16.7 Å². The van der Waals surface area contributed by atoms with Gasteiger partial charge in [0.15, 0.2) is 5.82 Å². The van der Waals surface area contributed by atoms with Crippen LogP contribution in [0, 0.1) is 0 Å². The summed E-state index contributed by atoms with van der Waals surface area (Å²) in [5.41, 5.74) is 28.6. The van der Waals surface area contributed by atoms with Gasteiger partial charge in [0.05, 0.1) is 11.4 Å². The van der Waals surface area contributed by atoms with Gasteiger partial charge < -0.3 is 9.80 Å². The highest BCUT2D eigenvalue weighted by atomic mass is 15.2. The van der Waals surface area contributed by atoms with Crippen LogP contribution in [0.2, 0.25) is 0 Å². The summed E-state index contributed by atoms with van der Waals surface area (Å²) < 4.78 is 0. The highest BCUT2D eigenvalue weighted by Crippen LogP contribution is 2.50. The minimum absolute atomic E-state index is 0.161. The van der Waals surface area contributed by atoms with Crippen molar-refractivity contribution in [3.05, 3.63) is 307 Å². The fourth-order valence-corrected chi connectivity index (χ4v) is 14.9. The topological polar surface area (TPSA) is 32.3 Å². The third kappa shape index (κ3) is 11.8. The van der Waals surface area contributed by atoms with Gasteiger partial charge in [-0.1, -0.05) is 277 Å². The summed E-state index contributed by atoms with van der Waals surface area (Å²) in [6.45, 7) is 28.1. The lowest BCUT2D eigenvalue weighted by Gasteiger charge is -2.45. The second kappa shape index (κ2) is 24.0. The van der Waals surface area contributed by atoms with Gasteiger partial charge in [-0.25, -0.2) is 9.97 Å². The van der Waals surface area contributed by atoms with Crippen LogP contribution in [0.15, 0.2) is 285 Å². The van der Waals surface area contributed by atoms with Crippen molar-refractivity contribution in [2.24, 2.45) is 0 Å². The molecular weight excluding hydrogens is 1200 g/mol. The SMILES string of the molecule is CC(C)(C)c1cc(N2c3cc4ccccc4cc3B3c4cc5ccccc5cc4N(c4cc(C(C)(C)C)cc(C(C)(C)C)c4)c4cc(-c5cc(-c6cc(-c7ccccc7)cc(-c7ccccc7)c6)nc(-c6cc(-c7ccccc7)cc(-c7ccccc7)c6)n5)cc2c43)cc(C(C)(C)C)c1. The molecular formula is C94H83BN4. The Morgan fingerprint density at radius 3 is 0.848 bits per heavy atom. The summed E-state index contributed by atoms with van der Waals surface area (Å²) >= 11 is 0. The van der Waals surface area contributed by atoms with Gasteiger partial charge in [0, 0.05) is 50.8 Å². The average molecular weight is 1280 g/mol. The van der Waals surface area contributed by atoms with E-state index < -0.39 is 0 Å². The van der Waals surface area contributed by atoms with Crippen molar-refractivity contribution in [2.75, 3.05) is 9.80 Å². The lowest BCUT2D eigenvalue weighted by Crippen LogP contribution is -2.61. The van der Waals surface area contributed by atoms with Crippen LogP contribution in [0.3, 0.4) is 0 Å². The van der Waals surface area contributed by atoms with Gasteiger partial charge in [0.25, 0.3) is 6.71 Å². The molecule has 482 valence electrons. The van der Waals surface area contributed by atoms with Gasteiger partial charge in [-0.05, 0) is 217 Å². The molecule has 0 bridgehead atoms. The molecule has 4 nitrogen and oxygen atoms in total. The summed E-state index contributed by atoms with van der Waals surface area (Å²) in [7, 11) is 0. The quantitative estimate of drug-likeness (QED) is 0.135. The van der Waals surface area contributed by atoms with Crippen LogP contribution < -0.4 is 26.2 Å². The first-order valence-corrected chi connectivity index (χ1v) is 35.1. The molecule has 0 spiro atoms. The van der Waals surface area contributed by atoms with Gasteiger partial charge in [-0.2, -0.15) is 0 Å². The normalized spacial score (nSPS) is 13.0. The molecule has 0 fully saturated rings. The van der Waals surface area contributed by atoms with Crippen molar-refractivity contribution >= 4 is 78.8 Å². The molecule has 0 saturated carbocycles. The molecule has 0 aliphatic carbocycles. The number of rotatable bonds is 9. The molecule has 14 aromatic rings. The Morgan fingerprint density at radius 1 is 0.242 bits per heavy atom. The second-order valence-electron chi connectivity index (χ2n) is 31.6. The number of aromatic nitrogens is 2. The Labute approximate surface area is 585 Å². The minimum atomic E-state index is -0.165. The molecule has 0 N–H and O–H groups in total. The molecule has 0 radical (unpaired) electrons. The van der Waals surface area contributed by atoms with Crippen molar-refractivity contribution in [1.82, 2.24) is 9.97 Å². The van der Waals surface area contributed by atoms with E-state index in [4.69, 9.17) is 9.97 Å². The summed E-state index contributed by atoms with van der Waals surface area (Å²) in [6.07, 6.45) is 0. The van der Waals surface area contributed by atoms with Crippen molar-refractivity contribution in [3.63, 3.8) is 0 Å². The van der Waals surface area contributed by atoms with Crippen LogP contribution >= 0.6 is 0 Å². The fraction of sp³-hybridized carbons (Fsp3) is 0.170. The van der Waals surface area contributed by atoms with Gasteiger partial charge in [0.1, 0.15) is 0 Å². The molecule has 2 aliphatic heterocycles. The van der Waals surface area contributed by atoms with Crippen LogP contribution in [0.4, 0.5) is 34.1 Å².